The van der Waals surface area contributed by atoms with Crippen molar-refractivity contribution in [2.75, 3.05) is 12.8 Å². The number of anilines is 1. The zero-order chi connectivity index (χ0) is 15.4. The molecule has 6 nitrogen and oxygen atoms in total. The van der Waals surface area contributed by atoms with Crippen molar-refractivity contribution in [2.24, 2.45) is 7.05 Å². The molecule has 0 fully saturated rings. The fourth-order valence-electron chi connectivity index (χ4n) is 2.08. The Bertz CT molecular complexity index is 650. The summed E-state index contributed by atoms with van der Waals surface area (Å²) in [6, 6.07) is 7.35. The van der Waals surface area contributed by atoms with Crippen LogP contribution in [-0.4, -0.2) is 22.9 Å². The van der Waals surface area contributed by atoms with E-state index in [-0.39, 0.29) is 12.3 Å². The Morgan fingerprint density at radius 1 is 1.43 bits per heavy atom. The Morgan fingerprint density at radius 2 is 2.19 bits per heavy atom. The Morgan fingerprint density at radius 3 is 2.81 bits per heavy atom. The van der Waals surface area contributed by atoms with Gasteiger partial charge in [0.05, 0.1) is 18.5 Å². The van der Waals surface area contributed by atoms with Crippen molar-refractivity contribution >= 4 is 11.7 Å². The van der Waals surface area contributed by atoms with E-state index >= 15 is 0 Å². The highest BCUT2D eigenvalue weighted by atomic mass is 16.5. The van der Waals surface area contributed by atoms with Gasteiger partial charge in [0, 0.05) is 7.05 Å². The lowest BCUT2D eigenvalue weighted by molar-refractivity contribution is 0.0461. The molecule has 0 saturated heterocycles. The SMILES string of the molecule is CCc1nn(C)c(C(=O)OCc2cccc(OC)c2)c1N. The summed E-state index contributed by atoms with van der Waals surface area (Å²) in [6.07, 6.45) is 0.669. The zero-order valence-corrected chi connectivity index (χ0v) is 12.4. The summed E-state index contributed by atoms with van der Waals surface area (Å²) in [5, 5.41) is 4.20. The molecule has 0 aliphatic rings. The van der Waals surface area contributed by atoms with Crippen LogP contribution in [-0.2, 0) is 24.8 Å². The van der Waals surface area contributed by atoms with Crippen LogP contribution in [0.2, 0.25) is 0 Å². The quantitative estimate of drug-likeness (QED) is 0.851. The summed E-state index contributed by atoms with van der Waals surface area (Å²) in [5.74, 6) is 0.238. The van der Waals surface area contributed by atoms with Crippen LogP contribution < -0.4 is 10.5 Å². The number of nitrogens with zero attached hydrogens (tertiary/aromatic N) is 2. The van der Waals surface area contributed by atoms with Gasteiger partial charge in [0.15, 0.2) is 5.69 Å². The molecule has 0 radical (unpaired) electrons. The third kappa shape index (κ3) is 3.16. The number of rotatable bonds is 5. The minimum absolute atomic E-state index is 0.155. The molecule has 2 aromatic rings. The number of aryl methyl sites for hydroxylation is 2. The second-order valence-electron chi connectivity index (χ2n) is 4.61. The second-order valence-corrected chi connectivity index (χ2v) is 4.61. The fourth-order valence-corrected chi connectivity index (χ4v) is 2.08. The topological polar surface area (TPSA) is 79.4 Å². The minimum Gasteiger partial charge on any atom is -0.497 e. The molecule has 1 aromatic carbocycles. The number of hydrogen-bond acceptors (Lipinski definition) is 5. The first-order chi connectivity index (χ1) is 10.1. The normalized spacial score (nSPS) is 10.4. The number of aromatic nitrogens is 2. The standard InChI is InChI=1S/C15H19N3O3/c1-4-12-13(16)14(18(2)17-12)15(19)21-9-10-6-5-7-11(8-10)20-3/h5-8H,4,9,16H2,1-3H3. The van der Waals surface area contributed by atoms with Gasteiger partial charge < -0.3 is 15.2 Å². The maximum Gasteiger partial charge on any atom is 0.359 e. The van der Waals surface area contributed by atoms with E-state index in [1.165, 1.54) is 4.68 Å². The zero-order valence-electron chi connectivity index (χ0n) is 12.4. The molecule has 6 heteroatoms. The number of carbonyl (C=O) groups excluding carboxylic acids is 1. The van der Waals surface area contributed by atoms with Crippen LogP contribution in [0.15, 0.2) is 24.3 Å². The highest BCUT2D eigenvalue weighted by Gasteiger charge is 2.20. The summed E-state index contributed by atoms with van der Waals surface area (Å²) < 4.78 is 11.9. The van der Waals surface area contributed by atoms with Gasteiger partial charge in [0.1, 0.15) is 12.4 Å². The molecule has 1 heterocycles. The molecule has 2 N–H and O–H groups in total. The molecule has 0 spiro atoms. The molecular weight excluding hydrogens is 270 g/mol. The van der Waals surface area contributed by atoms with Crippen molar-refractivity contribution in [3.63, 3.8) is 0 Å². The average molecular weight is 289 g/mol. The fraction of sp³-hybridized carbons (Fsp3) is 0.333. The predicted octanol–water partition coefficient (Wildman–Crippen LogP) is 1.93. The number of benzene rings is 1. The maximum atomic E-state index is 12.1. The van der Waals surface area contributed by atoms with Gasteiger partial charge in [-0.15, -0.1) is 0 Å². The van der Waals surface area contributed by atoms with Crippen molar-refractivity contribution in [2.45, 2.75) is 20.0 Å². The Labute approximate surface area is 123 Å². The van der Waals surface area contributed by atoms with Gasteiger partial charge >= 0.3 is 5.97 Å². The van der Waals surface area contributed by atoms with Gasteiger partial charge in [-0.1, -0.05) is 19.1 Å². The third-order valence-electron chi connectivity index (χ3n) is 3.19. The van der Waals surface area contributed by atoms with E-state index in [1.807, 2.05) is 31.2 Å². The van der Waals surface area contributed by atoms with Gasteiger partial charge in [-0.25, -0.2) is 4.79 Å². The number of nitrogens with two attached hydrogens (primary N) is 1. The van der Waals surface area contributed by atoms with Gasteiger partial charge in [-0.3, -0.25) is 4.68 Å². The van der Waals surface area contributed by atoms with Crippen molar-refractivity contribution in [3.05, 3.63) is 41.2 Å². The summed E-state index contributed by atoms with van der Waals surface area (Å²) in [6.45, 7) is 2.09. The maximum absolute atomic E-state index is 12.1. The summed E-state index contributed by atoms with van der Waals surface area (Å²) in [4.78, 5) is 12.1. The molecule has 1 aromatic heterocycles. The highest BCUT2D eigenvalue weighted by Crippen LogP contribution is 2.19. The first kappa shape index (κ1) is 14.9. The predicted molar refractivity (Wildman–Crippen MR) is 79.1 cm³/mol. The molecule has 112 valence electrons. The monoisotopic (exact) mass is 289 g/mol. The largest absolute Gasteiger partial charge is 0.497 e. The first-order valence-corrected chi connectivity index (χ1v) is 6.68. The molecule has 0 unspecified atom stereocenters. The number of carbonyl (C=O) groups is 1. The summed E-state index contributed by atoms with van der Waals surface area (Å²) in [7, 11) is 3.27. The van der Waals surface area contributed by atoms with E-state index < -0.39 is 5.97 Å². The van der Waals surface area contributed by atoms with Crippen LogP contribution in [0.4, 0.5) is 5.69 Å². The van der Waals surface area contributed by atoms with Crippen molar-refractivity contribution in [1.82, 2.24) is 9.78 Å². The number of ether oxygens (including phenoxy) is 2. The van der Waals surface area contributed by atoms with E-state index in [1.54, 1.807) is 14.2 Å². The minimum atomic E-state index is -0.481. The van der Waals surface area contributed by atoms with Crippen LogP contribution in [0, 0.1) is 0 Å². The molecule has 21 heavy (non-hydrogen) atoms. The number of hydrogen-bond donors (Lipinski definition) is 1. The van der Waals surface area contributed by atoms with E-state index in [0.717, 1.165) is 11.3 Å². The summed E-state index contributed by atoms with van der Waals surface area (Å²) >= 11 is 0. The molecule has 0 aliphatic carbocycles. The van der Waals surface area contributed by atoms with Crippen LogP contribution >= 0.6 is 0 Å². The smallest absolute Gasteiger partial charge is 0.359 e. The van der Waals surface area contributed by atoms with E-state index in [0.29, 0.717) is 17.8 Å². The number of esters is 1. The van der Waals surface area contributed by atoms with Crippen LogP contribution in [0.1, 0.15) is 28.7 Å². The summed E-state index contributed by atoms with van der Waals surface area (Å²) in [5.41, 5.74) is 8.14. The molecule has 2 rings (SSSR count). The lowest BCUT2D eigenvalue weighted by Crippen LogP contribution is -2.12. The van der Waals surface area contributed by atoms with Gasteiger partial charge in [-0.05, 0) is 24.1 Å². The first-order valence-electron chi connectivity index (χ1n) is 6.68. The lowest BCUT2D eigenvalue weighted by atomic mass is 10.2. The third-order valence-corrected chi connectivity index (χ3v) is 3.19. The molecule has 0 amide bonds. The molecule has 0 aliphatic heterocycles. The molecular formula is C15H19N3O3. The van der Waals surface area contributed by atoms with Crippen molar-refractivity contribution in [3.8, 4) is 5.75 Å². The molecule has 0 bridgehead atoms. The Kier molecular flexibility index (Phi) is 4.47. The van der Waals surface area contributed by atoms with E-state index in [2.05, 4.69) is 5.10 Å². The van der Waals surface area contributed by atoms with Crippen LogP contribution in [0.25, 0.3) is 0 Å². The van der Waals surface area contributed by atoms with Gasteiger partial charge in [-0.2, -0.15) is 5.10 Å². The Balaban J connectivity index is 2.10. The number of methoxy groups -OCH3 is 1. The Hall–Kier alpha value is -2.50. The molecule has 0 atom stereocenters. The average Bonchev–Trinajstić information content (AvgIpc) is 2.79. The van der Waals surface area contributed by atoms with Crippen LogP contribution in [0.3, 0.4) is 0 Å². The van der Waals surface area contributed by atoms with E-state index in [4.69, 9.17) is 15.2 Å². The highest BCUT2D eigenvalue weighted by molar-refractivity contribution is 5.93. The lowest BCUT2D eigenvalue weighted by Gasteiger charge is -2.07. The molecule has 0 saturated carbocycles. The number of nitrogen functional groups attached to an aromatic ring is 1. The van der Waals surface area contributed by atoms with Crippen molar-refractivity contribution < 1.29 is 14.3 Å². The van der Waals surface area contributed by atoms with E-state index in [9.17, 15) is 4.79 Å². The second kappa shape index (κ2) is 6.30. The van der Waals surface area contributed by atoms with Gasteiger partial charge in [0.25, 0.3) is 0 Å². The van der Waals surface area contributed by atoms with Gasteiger partial charge in [0.2, 0.25) is 0 Å². The van der Waals surface area contributed by atoms with Crippen molar-refractivity contribution in [1.29, 1.82) is 0 Å². The van der Waals surface area contributed by atoms with Crippen LogP contribution in [0.5, 0.6) is 5.75 Å².